The maximum absolute atomic E-state index is 5.49. The number of ether oxygens (including phenoxy) is 1. The first-order valence-electron chi connectivity index (χ1n) is 6.64. The SMILES string of the molecule is COc1cccc2c1CCCCCN(C)CC2. The van der Waals surface area contributed by atoms with Gasteiger partial charge in [0.05, 0.1) is 7.11 Å². The van der Waals surface area contributed by atoms with Crippen molar-refractivity contribution >= 4 is 0 Å². The summed E-state index contributed by atoms with van der Waals surface area (Å²) in [5.74, 6) is 1.07. The summed E-state index contributed by atoms with van der Waals surface area (Å²) in [7, 11) is 4.00. The Morgan fingerprint density at radius 3 is 2.76 bits per heavy atom. The van der Waals surface area contributed by atoms with Crippen LogP contribution in [0.15, 0.2) is 18.2 Å². The standard InChI is InChI=1S/C15H23NO/c1-16-11-5-3-4-8-14-13(10-12-16)7-6-9-15(14)17-2/h6-7,9H,3-5,8,10-12H2,1-2H3. The van der Waals surface area contributed by atoms with E-state index >= 15 is 0 Å². The lowest BCUT2D eigenvalue weighted by atomic mass is 9.97. The van der Waals surface area contributed by atoms with E-state index in [0.29, 0.717) is 0 Å². The summed E-state index contributed by atoms with van der Waals surface area (Å²) >= 11 is 0. The van der Waals surface area contributed by atoms with Gasteiger partial charge in [0.15, 0.2) is 0 Å². The first kappa shape index (κ1) is 12.4. The molecule has 2 heteroatoms. The van der Waals surface area contributed by atoms with Crippen molar-refractivity contribution in [3.05, 3.63) is 29.3 Å². The summed E-state index contributed by atoms with van der Waals surface area (Å²) in [5.41, 5.74) is 2.91. The third kappa shape index (κ3) is 3.22. The lowest BCUT2D eigenvalue weighted by Gasteiger charge is -2.21. The number of methoxy groups -OCH3 is 1. The number of benzene rings is 1. The minimum atomic E-state index is 1.07. The van der Waals surface area contributed by atoms with Gasteiger partial charge < -0.3 is 9.64 Å². The second-order valence-corrected chi connectivity index (χ2v) is 4.96. The molecule has 0 bridgehead atoms. The van der Waals surface area contributed by atoms with E-state index in [1.165, 1.54) is 43.4 Å². The Morgan fingerprint density at radius 2 is 1.94 bits per heavy atom. The molecule has 0 spiro atoms. The molecule has 1 aromatic carbocycles. The van der Waals surface area contributed by atoms with Crippen molar-refractivity contribution in [1.82, 2.24) is 4.90 Å². The molecule has 2 nitrogen and oxygen atoms in total. The highest BCUT2D eigenvalue weighted by Gasteiger charge is 2.11. The molecule has 1 aliphatic heterocycles. The molecule has 0 amide bonds. The van der Waals surface area contributed by atoms with Crippen LogP contribution in [0.1, 0.15) is 30.4 Å². The van der Waals surface area contributed by atoms with Gasteiger partial charge in [0.2, 0.25) is 0 Å². The van der Waals surface area contributed by atoms with Gasteiger partial charge in [0, 0.05) is 6.54 Å². The Balaban J connectivity index is 2.23. The van der Waals surface area contributed by atoms with Crippen LogP contribution in [0.25, 0.3) is 0 Å². The smallest absolute Gasteiger partial charge is 0.122 e. The molecule has 1 aliphatic rings. The summed E-state index contributed by atoms with van der Waals surface area (Å²) in [6.07, 6.45) is 6.23. The first-order valence-corrected chi connectivity index (χ1v) is 6.64. The highest BCUT2D eigenvalue weighted by Crippen LogP contribution is 2.25. The Kier molecular flexibility index (Phi) is 4.43. The van der Waals surface area contributed by atoms with E-state index in [1.807, 2.05) is 0 Å². The molecule has 0 fully saturated rings. The monoisotopic (exact) mass is 233 g/mol. The fourth-order valence-corrected chi connectivity index (χ4v) is 2.60. The van der Waals surface area contributed by atoms with Gasteiger partial charge in [-0.05, 0) is 56.5 Å². The van der Waals surface area contributed by atoms with Gasteiger partial charge in [0.25, 0.3) is 0 Å². The lowest BCUT2D eigenvalue weighted by Crippen LogP contribution is -2.23. The zero-order valence-electron chi connectivity index (χ0n) is 11.0. The predicted molar refractivity (Wildman–Crippen MR) is 71.8 cm³/mol. The van der Waals surface area contributed by atoms with Gasteiger partial charge in [0.1, 0.15) is 5.75 Å². The Bertz CT molecular complexity index is 362. The Hall–Kier alpha value is -1.02. The molecule has 0 N–H and O–H groups in total. The molecule has 1 heterocycles. The van der Waals surface area contributed by atoms with Crippen LogP contribution < -0.4 is 4.74 Å². The number of hydrogen-bond donors (Lipinski definition) is 0. The third-order valence-corrected chi connectivity index (χ3v) is 3.68. The first-order chi connectivity index (χ1) is 8.31. The van der Waals surface area contributed by atoms with Gasteiger partial charge in [-0.1, -0.05) is 18.6 Å². The minimum absolute atomic E-state index is 1.07. The van der Waals surface area contributed by atoms with Crippen molar-refractivity contribution < 1.29 is 4.74 Å². The molecule has 2 rings (SSSR count). The molecule has 0 saturated heterocycles. The summed E-state index contributed by atoms with van der Waals surface area (Å²) in [6.45, 7) is 2.39. The molecule has 0 aromatic heterocycles. The predicted octanol–water partition coefficient (Wildman–Crippen LogP) is 2.90. The fraction of sp³-hybridized carbons (Fsp3) is 0.600. The highest BCUT2D eigenvalue weighted by molar-refractivity contribution is 5.40. The minimum Gasteiger partial charge on any atom is -0.496 e. The van der Waals surface area contributed by atoms with Gasteiger partial charge >= 0.3 is 0 Å². The number of fused-ring (bicyclic) bond motifs is 1. The largest absolute Gasteiger partial charge is 0.496 e. The van der Waals surface area contributed by atoms with E-state index in [9.17, 15) is 0 Å². The van der Waals surface area contributed by atoms with Crippen LogP contribution in [0.3, 0.4) is 0 Å². The second-order valence-electron chi connectivity index (χ2n) is 4.96. The maximum Gasteiger partial charge on any atom is 0.122 e. The van der Waals surface area contributed by atoms with Crippen LogP contribution in [0.4, 0.5) is 0 Å². The van der Waals surface area contributed by atoms with Gasteiger partial charge in [-0.3, -0.25) is 0 Å². The molecule has 1 aromatic rings. The molecule has 0 atom stereocenters. The molecule has 17 heavy (non-hydrogen) atoms. The Morgan fingerprint density at radius 1 is 1.06 bits per heavy atom. The lowest BCUT2D eigenvalue weighted by molar-refractivity contribution is 0.324. The van der Waals surface area contributed by atoms with Crippen molar-refractivity contribution in [2.24, 2.45) is 0 Å². The van der Waals surface area contributed by atoms with Crippen molar-refractivity contribution in [3.8, 4) is 5.75 Å². The normalized spacial score (nSPS) is 18.5. The van der Waals surface area contributed by atoms with Gasteiger partial charge in [-0.2, -0.15) is 0 Å². The summed E-state index contributed by atoms with van der Waals surface area (Å²) in [6, 6.07) is 6.46. The molecule has 0 radical (unpaired) electrons. The average molecular weight is 233 g/mol. The topological polar surface area (TPSA) is 12.5 Å². The van der Waals surface area contributed by atoms with Crippen LogP contribution in [0, 0.1) is 0 Å². The molecule has 0 aliphatic carbocycles. The van der Waals surface area contributed by atoms with Crippen molar-refractivity contribution in [3.63, 3.8) is 0 Å². The van der Waals surface area contributed by atoms with E-state index in [0.717, 1.165) is 18.7 Å². The summed E-state index contributed by atoms with van der Waals surface area (Å²) in [4.78, 5) is 2.44. The molecular weight excluding hydrogens is 210 g/mol. The quantitative estimate of drug-likeness (QED) is 0.739. The average Bonchev–Trinajstić information content (AvgIpc) is 2.36. The van der Waals surface area contributed by atoms with Crippen LogP contribution in [-0.2, 0) is 12.8 Å². The zero-order chi connectivity index (χ0) is 12.1. The maximum atomic E-state index is 5.49. The summed E-state index contributed by atoms with van der Waals surface area (Å²) in [5, 5.41) is 0. The van der Waals surface area contributed by atoms with Crippen LogP contribution in [0.5, 0.6) is 5.75 Å². The van der Waals surface area contributed by atoms with Crippen molar-refractivity contribution in [2.45, 2.75) is 32.1 Å². The van der Waals surface area contributed by atoms with E-state index < -0.39 is 0 Å². The molecular formula is C15H23NO. The van der Waals surface area contributed by atoms with E-state index in [1.54, 1.807) is 7.11 Å². The van der Waals surface area contributed by atoms with Crippen molar-refractivity contribution in [2.75, 3.05) is 27.2 Å². The third-order valence-electron chi connectivity index (χ3n) is 3.68. The van der Waals surface area contributed by atoms with Gasteiger partial charge in [-0.25, -0.2) is 0 Å². The fourth-order valence-electron chi connectivity index (χ4n) is 2.60. The van der Waals surface area contributed by atoms with Crippen LogP contribution in [-0.4, -0.2) is 32.1 Å². The Labute approximate surface area is 105 Å². The zero-order valence-corrected chi connectivity index (χ0v) is 11.0. The number of nitrogens with zero attached hydrogens (tertiary/aromatic N) is 1. The number of likely N-dealkylation sites (N-methyl/N-ethyl adjacent to an activating group) is 1. The van der Waals surface area contributed by atoms with E-state index in [-0.39, 0.29) is 0 Å². The van der Waals surface area contributed by atoms with E-state index in [4.69, 9.17) is 4.74 Å². The van der Waals surface area contributed by atoms with Gasteiger partial charge in [-0.15, -0.1) is 0 Å². The van der Waals surface area contributed by atoms with Crippen LogP contribution >= 0.6 is 0 Å². The second kappa shape index (κ2) is 6.06. The van der Waals surface area contributed by atoms with Crippen molar-refractivity contribution in [1.29, 1.82) is 0 Å². The molecule has 94 valence electrons. The van der Waals surface area contributed by atoms with E-state index in [2.05, 4.69) is 30.1 Å². The van der Waals surface area contributed by atoms with Crippen LogP contribution in [0.2, 0.25) is 0 Å². The molecule has 0 unspecified atom stereocenters. The summed E-state index contributed by atoms with van der Waals surface area (Å²) < 4.78 is 5.49. The molecule has 0 saturated carbocycles. The highest BCUT2D eigenvalue weighted by atomic mass is 16.5. The number of hydrogen-bond acceptors (Lipinski definition) is 2. The number of rotatable bonds is 1.